The Morgan fingerprint density at radius 3 is 2.57 bits per heavy atom. The van der Waals surface area contributed by atoms with Crippen molar-refractivity contribution >= 4 is 11.8 Å². The lowest BCUT2D eigenvalue weighted by Crippen LogP contribution is -2.46. The predicted octanol–water partition coefficient (Wildman–Crippen LogP) is 2.92. The molecule has 1 saturated heterocycles. The number of rotatable bonds is 6. The van der Waals surface area contributed by atoms with E-state index in [4.69, 9.17) is 9.15 Å². The average Bonchev–Trinajstić information content (AvgIpc) is 3.22. The molecule has 1 aromatic carbocycles. The number of nitrogens with zero attached hydrogens (tertiary/aromatic N) is 1. The third kappa shape index (κ3) is 4.59. The molecule has 2 heterocycles. The van der Waals surface area contributed by atoms with E-state index in [0.717, 1.165) is 0 Å². The van der Waals surface area contributed by atoms with Crippen molar-refractivity contribution in [2.24, 2.45) is 0 Å². The van der Waals surface area contributed by atoms with Gasteiger partial charge >= 0.3 is 6.61 Å². The van der Waals surface area contributed by atoms with Crippen LogP contribution in [0.25, 0.3) is 0 Å². The molecule has 150 valence electrons. The van der Waals surface area contributed by atoms with Gasteiger partial charge in [-0.3, -0.25) is 9.59 Å². The van der Waals surface area contributed by atoms with E-state index >= 15 is 0 Å². The minimum absolute atomic E-state index is 0.0480. The molecule has 0 radical (unpaired) electrons. The van der Waals surface area contributed by atoms with Crippen molar-refractivity contribution in [3.05, 3.63) is 47.9 Å². The Hall–Kier alpha value is -3.10. The van der Waals surface area contributed by atoms with Crippen molar-refractivity contribution in [3.63, 3.8) is 0 Å². The summed E-state index contributed by atoms with van der Waals surface area (Å²) in [6, 6.07) is 7.19. The van der Waals surface area contributed by atoms with E-state index in [1.165, 1.54) is 31.6 Å². The summed E-state index contributed by atoms with van der Waals surface area (Å²) in [6.45, 7) is -1.99. The molecule has 7 nitrogen and oxygen atoms in total. The van der Waals surface area contributed by atoms with Crippen LogP contribution in [0.3, 0.4) is 0 Å². The molecule has 0 unspecified atom stereocenters. The second-order valence-corrected chi connectivity index (χ2v) is 6.26. The Bertz CT molecular complexity index is 818. The number of ether oxygens (including phenoxy) is 2. The first-order chi connectivity index (χ1) is 13.5. The van der Waals surface area contributed by atoms with E-state index in [1.54, 1.807) is 17.0 Å². The summed E-state index contributed by atoms with van der Waals surface area (Å²) in [7, 11) is 1.31. The highest BCUT2D eigenvalue weighted by atomic mass is 19.3. The van der Waals surface area contributed by atoms with Gasteiger partial charge in [0.25, 0.3) is 11.8 Å². The number of amides is 2. The maximum absolute atomic E-state index is 12.5. The fourth-order valence-corrected chi connectivity index (χ4v) is 3.05. The molecule has 1 aromatic heterocycles. The minimum Gasteiger partial charge on any atom is -0.493 e. The fraction of sp³-hybridized carbons (Fsp3) is 0.368. The van der Waals surface area contributed by atoms with Crippen molar-refractivity contribution in [2.75, 3.05) is 20.2 Å². The molecule has 2 aromatic rings. The van der Waals surface area contributed by atoms with Crippen molar-refractivity contribution in [3.8, 4) is 11.5 Å². The number of halogens is 2. The SMILES string of the molecule is COc1cc(C(=O)NC2CCN(C(=O)c3ccco3)CC2)ccc1OC(F)F. The molecule has 1 aliphatic rings. The molecule has 0 atom stereocenters. The first kappa shape index (κ1) is 19.7. The smallest absolute Gasteiger partial charge is 0.387 e. The third-order valence-electron chi connectivity index (χ3n) is 4.49. The van der Waals surface area contributed by atoms with Crippen LogP contribution < -0.4 is 14.8 Å². The Labute approximate surface area is 160 Å². The number of alkyl halides is 2. The standard InChI is InChI=1S/C19H20F2N2O5/c1-26-16-11-12(4-5-14(16)28-19(20)21)17(24)22-13-6-8-23(9-7-13)18(25)15-3-2-10-27-15/h2-5,10-11,13,19H,6-9H2,1H3,(H,22,24). The second-order valence-electron chi connectivity index (χ2n) is 6.26. The van der Waals surface area contributed by atoms with Gasteiger partial charge in [0.15, 0.2) is 17.3 Å². The van der Waals surface area contributed by atoms with Gasteiger partial charge in [-0.15, -0.1) is 0 Å². The van der Waals surface area contributed by atoms with Crippen molar-refractivity contribution in [1.82, 2.24) is 10.2 Å². The van der Waals surface area contributed by atoms with E-state index in [9.17, 15) is 18.4 Å². The molecule has 28 heavy (non-hydrogen) atoms. The molecule has 0 aliphatic carbocycles. The largest absolute Gasteiger partial charge is 0.493 e. The number of methoxy groups -OCH3 is 1. The number of nitrogens with one attached hydrogen (secondary N) is 1. The van der Waals surface area contributed by atoms with Gasteiger partial charge < -0.3 is 24.1 Å². The lowest BCUT2D eigenvalue weighted by Gasteiger charge is -2.31. The van der Waals surface area contributed by atoms with Crippen LogP contribution in [0.15, 0.2) is 41.0 Å². The predicted molar refractivity (Wildman–Crippen MR) is 94.7 cm³/mol. The molecule has 1 aliphatic heterocycles. The molecule has 9 heteroatoms. The second kappa shape index (κ2) is 8.73. The van der Waals surface area contributed by atoms with Crippen LogP contribution in [0.5, 0.6) is 11.5 Å². The lowest BCUT2D eigenvalue weighted by molar-refractivity contribution is -0.0512. The highest BCUT2D eigenvalue weighted by molar-refractivity contribution is 5.95. The number of hydrogen-bond acceptors (Lipinski definition) is 5. The number of furan rings is 1. The summed E-state index contributed by atoms with van der Waals surface area (Å²) in [5, 5.41) is 2.90. The highest BCUT2D eigenvalue weighted by Gasteiger charge is 2.26. The van der Waals surface area contributed by atoms with Crippen LogP contribution in [-0.4, -0.2) is 49.6 Å². The molecule has 1 fully saturated rings. The molecule has 0 spiro atoms. The summed E-state index contributed by atoms with van der Waals surface area (Å²) in [4.78, 5) is 26.4. The van der Waals surface area contributed by atoms with Gasteiger partial charge in [-0.25, -0.2) is 0 Å². The van der Waals surface area contributed by atoms with Crippen molar-refractivity contribution in [1.29, 1.82) is 0 Å². The van der Waals surface area contributed by atoms with Gasteiger partial charge in [0, 0.05) is 24.7 Å². The topological polar surface area (TPSA) is 81.0 Å². The maximum Gasteiger partial charge on any atom is 0.387 e. The first-order valence-corrected chi connectivity index (χ1v) is 8.74. The average molecular weight is 394 g/mol. The number of hydrogen-bond donors (Lipinski definition) is 1. The van der Waals surface area contributed by atoms with Gasteiger partial charge in [-0.2, -0.15) is 8.78 Å². The van der Waals surface area contributed by atoms with Crippen LogP contribution in [0, 0.1) is 0 Å². The van der Waals surface area contributed by atoms with Crippen LogP contribution in [0.4, 0.5) is 8.78 Å². The monoisotopic (exact) mass is 394 g/mol. The lowest BCUT2D eigenvalue weighted by atomic mass is 10.0. The summed E-state index contributed by atoms with van der Waals surface area (Å²) < 4.78 is 39.3. The van der Waals surface area contributed by atoms with Gasteiger partial charge in [0.05, 0.1) is 13.4 Å². The molecule has 0 bridgehead atoms. The zero-order valence-corrected chi connectivity index (χ0v) is 15.2. The molecule has 0 saturated carbocycles. The van der Waals surface area contributed by atoms with E-state index < -0.39 is 6.61 Å². The summed E-state index contributed by atoms with van der Waals surface area (Å²) in [5.74, 6) is -0.321. The van der Waals surface area contributed by atoms with Gasteiger partial charge in [0.2, 0.25) is 0 Å². The fourth-order valence-electron chi connectivity index (χ4n) is 3.05. The zero-order chi connectivity index (χ0) is 20.1. The number of piperidine rings is 1. The molecular weight excluding hydrogens is 374 g/mol. The molecule has 1 N–H and O–H groups in total. The van der Waals surface area contributed by atoms with Gasteiger partial charge in [-0.1, -0.05) is 0 Å². The van der Waals surface area contributed by atoms with Crippen LogP contribution in [0.2, 0.25) is 0 Å². The Morgan fingerprint density at radius 2 is 1.96 bits per heavy atom. The van der Waals surface area contributed by atoms with Crippen LogP contribution in [0.1, 0.15) is 33.8 Å². The summed E-state index contributed by atoms with van der Waals surface area (Å²) in [6.07, 6.45) is 2.65. The Morgan fingerprint density at radius 1 is 1.21 bits per heavy atom. The Kier molecular flexibility index (Phi) is 6.13. The summed E-state index contributed by atoms with van der Waals surface area (Å²) in [5.41, 5.74) is 0.271. The number of carbonyl (C=O) groups is 2. The van der Waals surface area contributed by atoms with Gasteiger partial charge in [0.1, 0.15) is 0 Å². The van der Waals surface area contributed by atoms with Crippen molar-refractivity contribution < 1.29 is 32.3 Å². The Balaban J connectivity index is 1.56. The summed E-state index contributed by atoms with van der Waals surface area (Å²) >= 11 is 0. The third-order valence-corrected chi connectivity index (χ3v) is 4.49. The normalized spacial score (nSPS) is 14.8. The van der Waals surface area contributed by atoms with Crippen LogP contribution >= 0.6 is 0 Å². The van der Waals surface area contributed by atoms with E-state index in [2.05, 4.69) is 10.1 Å². The zero-order valence-electron chi connectivity index (χ0n) is 15.2. The number of carbonyl (C=O) groups excluding carboxylic acids is 2. The number of benzene rings is 1. The van der Waals surface area contributed by atoms with E-state index in [-0.39, 0.29) is 34.9 Å². The molecule has 2 amide bonds. The van der Waals surface area contributed by atoms with E-state index in [0.29, 0.717) is 31.7 Å². The quantitative estimate of drug-likeness (QED) is 0.815. The maximum atomic E-state index is 12.5. The highest BCUT2D eigenvalue weighted by Crippen LogP contribution is 2.29. The molecular formula is C19H20F2N2O5. The van der Waals surface area contributed by atoms with E-state index in [1.807, 2.05) is 0 Å². The van der Waals surface area contributed by atoms with Crippen LogP contribution in [-0.2, 0) is 0 Å². The van der Waals surface area contributed by atoms with Crippen molar-refractivity contribution in [2.45, 2.75) is 25.5 Å². The minimum atomic E-state index is -2.98. The molecule has 3 rings (SSSR count). The van der Waals surface area contributed by atoms with Gasteiger partial charge in [-0.05, 0) is 43.2 Å². The first-order valence-electron chi connectivity index (χ1n) is 8.74. The number of likely N-dealkylation sites (tertiary alicyclic amines) is 1.